The van der Waals surface area contributed by atoms with Gasteiger partial charge in [0.2, 0.25) is 5.91 Å². The third-order valence-electron chi connectivity index (χ3n) is 4.77. The molecule has 2 aromatic rings. The lowest BCUT2D eigenvalue weighted by Gasteiger charge is -2.29. The third kappa shape index (κ3) is 2.24. The summed E-state index contributed by atoms with van der Waals surface area (Å²) in [4.78, 5) is 11.9. The number of hydrogen-bond acceptors (Lipinski definition) is 2. The van der Waals surface area contributed by atoms with Crippen LogP contribution in [0.2, 0.25) is 0 Å². The smallest absolute Gasteiger partial charge is 0.226 e. The summed E-state index contributed by atoms with van der Waals surface area (Å²) in [6.07, 6.45) is 5.23. The number of nitrogens with one attached hydrogen (secondary N) is 2. The lowest BCUT2D eigenvalue weighted by molar-refractivity contribution is -0.116. The van der Waals surface area contributed by atoms with Gasteiger partial charge in [-0.25, -0.2) is 0 Å². The average molecular weight is 281 g/mol. The van der Waals surface area contributed by atoms with Gasteiger partial charge in [-0.2, -0.15) is 5.10 Å². The molecule has 4 nitrogen and oxygen atoms in total. The molecule has 1 saturated carbocycles. The largest absolute Gasteiger partial charge is 0.309 e. The van der Waals surface area contributed by atoms with Gasteiger partial charge in [-0.15, -0.1) is 0 Å². The number of H-pyrrole nitrogens is 1. The highest BCUT2D eigenvalue weighted by Gasteiger charge is 2.34. The van der Waals surface area contributed by atoms with Crippen molar-refractivity contribution in [3.8, 4) is 0 Å². The van der Waals surface area contributed by atoms with Crippen LogP contribution in [0.5, 0.6) is 0 Å². The fourth-order valence-corrected chi connectivity index (χ4v) is 3.46. The SMILES string of the molecule is O=C1C[C@@H](Cc2ccccc2)c2c(n[nH]c2C2CCC2)N1. The molecule has 0 saturated heterocycles. The van der Waals surface area contributed by atoms with Crippen LogP contribution in [0.4, 0.5) is 5.82 Å². The van der Waals surface area contributed by atoms with Gasteiger partial charge < -0.3 is 5.32 Å². The molecule has 21 heavy (non-hydrogen) atoms. The highest BCUT2D eigenvalue weighted by molar-refractivity contribution is 5.93. The Morgan fingerprint density at radius 3 is 2.71 bits per heavy atom. The monoisotopic (exact) mass is 281 g/mol. The van der Waals surface area contributed by atoms with Gasteiger partial charge in [0.25, 0.3) is 0 Å². The molecule has 1 aromatic heterocycles. The van der Waals surface area contributed by atoms with E-state index in [1.54, 1.807) is 0 Å². The van der Waals surface area contributed by atoms with Crippen molar-refractivity contribution >= 4 is 11.7 Å². The number of rotatable bonds is 3. The molecular formula is C17H19N3O. The molecular weight excluding hydrogens is 262 g/mol. The molecule has 0 bridgehead atoms. The predicted octanol–water partition coefficient (Wildman–Crippen LogP) is 3.35. The van der Waals surface area contributed by atoms with Gasteiger partial charge in [-0.3, -0.25) is 9.89 Å². The standard InChI is InChI=1S/C17H19N3O/c21-14-10-13(9-11-5-2-1-3-6-11)15-16(12-7-4-8-12)19-20-17(15)18-14/h1-3,5-6,12-13H,4,7-10H2,(H2,18,19,20,21)/t13-/m1/s1. The summed E-state index contributed by atoms with van der Waals surface area (Å²) in [6, 6.07) is 10.4. The zero-order valence-electron chi connectivity index (χ0n) is 11.9. The maximum Gasteiger partial charge on any atom is 0.226 e. The molecule has 0 unspecified atom stereocenters. The first-order valence-electron chi connectivity index (χ1n) is 7.73. The van der Waals surface area contributed by atoms with Gasteiger partial charge in [0.1, 0.15) is 0 Å². The highest BCUT2D eigenvalue weighted by Crippen LogP contribution is 2.44. The lowest BCUT2D eigenvalue weighted by Crippen LogP contribution is -2.25. The van der Waals surface area contributed by atoms with Crippen molar-refractivity contribution in [2.45, 2.75) is 43.9 Å². The van der Waals surface area contributed by atoms with E-state index in [2.05, 4.69) is 39.8 Å². The van der Waals surface area contributed by atoms with E-state index < -0.39 is 0 Å². The summed E-state index contributed by atoms with van der Waals surface area (Å²) in [5, 5.41) is 10.5. The normalized spacial score (nSPS) is 21.5. The molecule has 4 rings (SSSR count). The number of benzene rings is 1. The topological polar surface area (TPSA) is 57.8 Å². The van der Waals surface area contributed by atoms with Crippen LogP contribution in [0, 0.1) is 0 Å². The van der Waals surface area contributed by atoms with Gasteiger partial charge >= 0.3 is 0 Å². The Hall–Kier alpha value is -2.10. The molecule has 1 fully saturated rings. The molecule has 108 valence electrons. The molecule has 1 aromatic carbocycles. The third-order valence-corrected chi connectivity index (χ3v) is 4.77. The van der Waals surface area contributed by atoms with Crippen LogP contribution in [-0.2, 0) is 11.2 Å². The maximum absolute atomic E-state index is 11.9. The number of aromatic nitrogens is 2. The van der Waals surface area contributed by atoms with Crippen LogP contribution in [-0.4, -0.2) is 16.1 Å². The predicted molar refractivity (Wildman–Crippen MR) is 81.3 cm³/mol. The van der Waals surface area contributed by atoms with E-state index in [-0.39, 0.29) is 11.8 Å². The first kappa shape index (κ1) is 12.6. The van der Waals surface area contributed by atoms with Crippen LogP contribution >= 0.6 is 0 Å². The van der Waals surface area contributed by atoms with E-state index in [1.165, 1.54) is 36.1 Å². The van der Waals surface area contributed by atoms with Crippen LogP contribution < -0.4 is 5.32 Å². The molecule has 4 heteroatoms. The first-order chi connectivity index (χ1) is 10.3. The number of nitrogens with zero attached hydrogens (tertiary/aromatic N) is 1. The number of fused-ring (bicyclic) bond motifs is 1. The van der Waals surface area contributed by atoms with E-state index in [9.17, 15) is 4.79 Å². The molecule has 2 aliphatic rings. The Morgan fingerprint density at radius 1 is 1.19 bits per heavy atom. The number of amides is 1. The van der Waals surface area contributed by atoms with E-state index >= 15 is 0 Å². The Labute approximate surface area is 124 Å². The van der Waals surface area contributed by atoms with Crippen LogP contribution in [0.1, 0.15) is 54.3 Å². The van der Waals surface area contributed by atoms with Crippen molar-refractivity contribution in [1.82, 2.24) is 10.2 Å². The second-order valence-corrected chi connectivity index (χ2v) is 6.17. The molecule has 2 heterocycles. The Kier molecular flexibility index (Phi) is 3.02. The molecule has 2 N–H and O–H groups in total. The number of carbonyl (C=O) groups is 1. The van der Waals surface area contributed by atoms with Gasteiger partial charge in [0, 0.05) is 29.5 Å². The summed E-state index contributed by atoms with van der Waals surface area (Å²) in [5.41, 5.74) is 3.80. The minimum atomic E-state index is 0.0788. The number of hydrogen-bond donors (Lipinski definition) is 2. The van der Waals surface area contributed by atoms with Crippen molar-refractivity contribution in [1.29, 1.82) is 0 Å². The van der Waals surface area contributed by atoms with Crippen molar-refractivity contribution in [3.63, 3.8) is 0 Å². The average Bonchev–Trinajstić information content (AvgIpc) is 2.81. The van der Waals surface area contributed by atoms with E-state index in [0.717, 1.165) is 12.2 Å². The van der Waals surface area contributed by atoms with Crippen LogP contribution in [0.15, 0.2) is 30.3 Å². The van der Waals surface area contributed by atoms with E-state index in [4.69, 9.17) is 0 Å². The number of aromatic amines is 1. The van der Waals surface area contributed by atoms with Crippen LogP contribution in [0.25, 0.3) is 0 Å². The fraction of sp³-hybridized carbons (Fsp3) is 0.412. The molecule has 0 spiro atoms. The second-order valence-electron chi connectivity index (χ2n) is 6.17. The van der Waals surface area contributed by atoms with Crippen molar-refractivity contribution < 1.29 is 4.79 Å². The lowest BCUT2D eigenvalue weighted by atomic mass is 9.77. The minimum Gasteiger partial charge on any atom is -0.309 e. The second kappa shape index (κ2) is 5.02. The van der Waals surface area contributed by atoms with Gasteiger partial charge in [0.15, 0.2) is 5.82 Å². The summed E-state index contributed by atoms with van der Waals surface area (Å²) < 4.78 is 0. The van der Waals surface area contributed by atoms with Crippen molar-refractivity contribution in [2.75, 3.05) is 5.32 Å². The Bertz CT molecular complexity index is 658. The van der Waals surface area contributed by atoms with Crippen LogP contribution in [0.3, 0.4) is 0 Å². The van der Waals surface area contributed by atoms with Gasteiger partial charge in [-0.1, -0.05) is 36.8 Å². The summed E-state index contributed by atoms with van der Waals surface area (Å²) >= 11 is 0. The fourth-order valence-electron chi connectivity index (χ4n) is 3.46. The van der Waals surface area contributed by atoms with Gasteiger partial charge in [-0.05, 0) is 24.8 Å². The molecule has 1 aliphatic heterocycles. The summed E-state index contributed by atoms with van der Waals surface area (Å²) in [5.74, 6) is 1.68. The van der Waals surface area contributed by atoms with E-state index in [0.29, 0.717) is 12.3 Å². The first-order valence-corrected chi connectivity index (χ1v) is 7.73. The molecule has 1 amide bonds. The van der Waals surface area contributed by atoms with Crippen molar-refractivity contribution in [3.05, 3.63) is 47.2 Å². The van der Waals surface area contributed by atoms with Crippen molar-refractivity contribution in [2.24, 2.45) is 0 Å². The molecule has 1 atom stereocenters. The Morgan fingerprint density at radius 2 is 2.00 bits per heavy atom. The van der Waals surface area contributed by atoms with E-state index in [1.807, 2.05) is 6.07 Å². The zero-order chi connectivity index (χ0) is 14.2. The van der Waals surface area contributed by atoms with Gasteiger partial charge in [0.05, 0.1) is 0 Å². The maximum atomic E-state index is 11.9. The zero-order valence-corrected chi connectivity index (χ0v) is 11.9. The number of carbonyl (C=O) groups excluding carboxylic acids is 1. The summed E-state index contributed by atoms with van der Waals surface area (Å²) in [6.45, 7) is 0. The quantitative estimate of drug-likeness (QED) is 0.906. The minimum absolute atomic E-state index is 0.0788. The molecule has 0 radical (unpaired) electrons. The summed E-state index contributed by atoms with van der Waals surface area (Å²) in [7, 11) is 0. The number of anilines is 1. The highest BCUT2D eigenvalue weighted by atomic mass is 16.1. The Balaban J connectivity index is 1.68. The molecule has 1 aliphatic carbocycles.